The van der Waals surface area contributed by atoms with Crippen molar-refractivity contribution >= 4 is 18.2 Å². The molecule has 2 aromatic rings. The number of aryl methyl sites for hydroxylation is 1. The molecule has 22 heavy (non-hydrogen) atoms. The molecule has 0 saturated carbocycles. The summed E-state index contributed by atoms with van der Waals surface area (Å²) in [5.74, 6) is 0.869. The molecule has 0 atom stereocenters. The first kappa shape index (κ1) is 16.1. The van der Waals surface area contributed by atoms with Gasteiger partial charge in [0.15, 0.2) is 0 Å². The van der Waals surface area contributed by atoms with E-state index < -0.39 is 0 Å². The molecule has 0 heterocycles. The highest BCUT2D eigenvalue weighted by molar-refractivity contribution is 5.72. The van der Waals surface area contributed by atoms with Crippen molar-refractivity contribution in [1.82, 2.24) is 0 Å². The van der Waals surface area contributed by atoms with Gasteiger partial charge in [-0.3, -0.25) is 0 Å². The first-order valence-electron chi connectivity index (χ1n) is 7.57. The van der Waals surface area contributed by atoms with Crippen LogP contribution in [-0.2, 0) is 0 Å². The predicted molar refractivity (Wildman–Crippen MR) is 97.0 cm³/mol. The van der Waals surface area contributed by atoms with Gasteiger partial charge in [0.1, 0.15) is 11.4 Å². The van der Waals surface area contributed by atoms with Gasteiger partial charge in [0.05, 0.1) is 0 Å². The molecule has 0 bridgehead atoms. The Bertz CT molecular complexity index is 670. The Morgan fingerprint density at radius 1 is 0.864 bits per heavy atom. The van der Waals surface area contributed by atoms with Gasteiger partial charge in [-0.25, -0.2) is 0 Å². The van der Waals surface area contributed by atoms with E-state index in [9.17, 15) is 0 Å². The number of benzene rings is 2. The van der Waals surface area contributed by atoms with Gasteiger partial charge >= 0.3 is 0 Å². The van der Waals surface area contributed by atoms with E-state index in [4.69, 9.17) is 4.74 Å². The van der Waals surface area contributed by atoms with Crippen molar-refractivity contribution in [3.05, 3.63) is 71.3 Å². The van der Waals surface area contributed by atoms with Crippen LogP contribution in [0.4, 0.5) is 0 Å². The van der Waals surface area contributed by atoms with Crippen LogP contribution in [-0.4, -0.2) is 5.60 Å². The summed E-state index contributed by atoms with van der Waals surface area (Å²) >= 11 is 0. The van der Waals surface area contributed by atoms with E-state index in [0.29, 0.717) is 0 Å². The maximum absolute atomic E-state index is 5.97. The maximum Gasteiger partial charge on any atom is 0.121 e. The van der Waals surface area contributed by atoms with Crippen molar-refractivity contribution in [3.63, 3.8) is 0 Å². The summed E-state index contributed by atoms with van der Waals surface area (Å²) in [6.45, 7) is 12.1. The Hall–Kier alpha value is -2.28. The molecule has 0 fully saturated rings. The van der Waals surface area contributed by atoms with Gasteiger partial charge < -0.3 is 4.74 Å². The molecule has 0 N–H and O–H groups in total. The minimum absolute atomic E-state index is 0.211. The summed E-state index contributed by atoms with van der Waals surface area (Å²) in [7, 11) is 0. The normalized spacial score (nSPS) is 11.6. The summed E-state index contributed by atoms with van der Waals surface area (Å²) in [5, 5.41) is 0. The standard InChI is InChI=1S/C21H24O/c1-6-17-13-19(15-20(14-17)22-21(3,4)5)12-11-18-9-7-16(2)8-10-18/h6-15H,1H2,2-5H3/b12-11+. The second kappa shape index (κ2) is 6.65. The molecule has 0 aliphatic rings. The van der Waals surface area contributed by atoms with Crippen LogP contribution in [0.2, 0.25) is 0 Å². The third kappa shape index (κ3) is 4.92. The number of ether oxygens (including phenoxy) is 1. The molecule has 0 spiro atoms. The quantitative estimate of drug-likeness (QED) is 0.629. The highest BCUT2D eigenvalue weighted by Gasteiger charge is 2.12. The fourth-order valence-corrected chi connectivity index (χ4v) is 2.14. The van der Waals surface area contributed by atoms with Crippen LogP contribution in [0.15, 0.2) is 49.0 Å². The Morgan fingerprint density at radius 2 is 1.45 bits per heavy atom. The largest absolute Gasteiger partial charge is 0.488 e. The Kier molecular flexibility index (Phi) is 4.87. The maximum atomic E-state index is 5.97. The zero-order valence-corrected chi connectivity index (χ0v) is 13.9. The van der Waals surface area contributed by atoms with Crippen LogP contribution in [0.5, 0.6) is 5.75 Å². The van der Waals surface area contributed by atoms with Crippen molar-refractivity contribution in [2.45, 2.75) is 33.3 Å². The zero-order chi connectivity index (χ0) is 16.2. The molecule has 2 rings (SSSR count). The van der Waals surface area contributed by atoms with Crippen LogP contribution in [0, 0.1) is 6.92 Å². The molecule has 2 aromatic carbocycles. The van der Waals surface area contributed by atoms with E-state index in [-0.39, 0.29) is 5.60 Å². The van der Waals surface area contributed by atoms with Crippen molar-refractivity contribution in [2.24, 2.45) is 0 Å². The summed E-state index contributed by atoms with van der Waals surface area (Å²) in [6.07, 6.45) is 6.06. The van der Waals surface area contributed by atoms with Crippen LogP contribution in [0.25, 0.3) is 18.2 Å². The van der Waals surface area contributed by atoms with Gasteiger partial charge in [0, 0.05) is 0 Å². The van der Waals surface area contributed by atoms with Crippen LogP contribution in [0.1, 0.15) is 43.0 Å². The highest BCUT2D eigenvalue weighted by Crippen LogP contribution is 2.24. The molecule has 0 saturated heterocycles. The number of hydrogen-bond acceptors (Lipinski definition) is 1. The van der Waals surface area contributed by atoms with Crippen LogP contribution >= 0.6 is 0 Å². The second-order valence-corrected chi connectivity index (χ2v) is 6.50. The SMILES string of the molecule is C=Cc1cc(/C=C/c2ccc(C)cc2)cc(OC(C)(C)C)c1. The van der Waals surface area contributed by atoms with E-state index in [0.717, 1.165) is 16.9 Å². The van der Waals surface area contributed by atoms with Crippen LogP contribution in [0.3, 0.4) is 0 Å². The van der Waals surface area contributed by atoms with Crippen LogP contribution < -0.4 is 4.74 Å². The average molecular weight is 292 g/mol. The average Bonchev–Trinajstić information content (AvgIpc) is 2.44. The lowest BCUT2D eigenvalue weighted by atomic mass is 10.1. The lowest BCUT2D eigenvalue weighted by Gasteiger charge is -2.21. The molecular weight excluding hydrogens is 268 g/mol. The minimum atomic E-state index is -0.211. The van der Waals surface area contributed by atoms with Crippen molar-refractivity contribution in [3.8, 4) is 5.75 Å². The number of hydrogen-bond donors (Lipinski definition) is 0. The van der Waals surface area contributed by atoms with E-state index in [1.54, 1.807) is 0 Å². The fourth-order valence-electron chi connectivity index (χ4n) is 2.14. The zero-order valence-electron chi connectivity index (χ0n) is 13.9. The summed E-state index contributed by atoms with van der Waals surface area (Å²) in [6, 6.07) is 14.7. The Morgan fingerprint density at radius 3 is 2.05 bits per heavy atom. The van der Waals surface area contributed by atoms with Crippen molar-refractivity contribution in [2.75, 3.05) is 0 Å². The third-order valence-corrected chi connectivity index (χ3v) is 3.16. The van der Waals surface area contributed by atoms with Gasteiger partial charge in [-0.15, -0.1) is 0 Å². The molecule has 0 aliphatic heterocycles. The summed E-state index contributed by atoms with van der Waals surface area (Å²) in [5.41, 5.74) is 4.42. The lowest BCUT2D eigenvalue weighted by molar-refractivity contribution is 0.131. The van der Waals surface area contributed by atoms with E-state index in [2.05, 4.69) is 82.8 Å². The Labute approximate surface area is 134 Å². The topological polar surface area (TPSA) is 9.23 Å². The smallest absolute Gasteiger partial charge is 0.121 e. The third-order valence-electron chi connectivity index (χ3n) is 3.16. The lowest BCUT2D eigenvalue weighted by Crippen LogP contribution is -2.22. The van der Waals surface area contributed by atoms with Crippen molar-refractivity contribution < 1.29 is 4.74 Å². The molecule has 0 radical (unpaired) electrons. The molecular formula is C21H24O. The van der Waals surface area contributed by atoms with E-state index in [1.165, 1.54) is 11.1 Å². The van der Waals surface area contributed by atoms with Crippen molar-refractivity contribution in [1.29, 1.82) is 0 Å². The van der Waals surface area contributed by atoms with Gasteiger partial charge in [0.25, 0.3) is 0 Å². The molecule has 0 amide bonds. The molecule has 0 aliphatic carbocycles. The van der Waals surface area contributed by atoms with E-state index in [1.807, 2.05) is 12.1 Å². The molecule has 1 nitrogen and oxygen atoms in total. The van der Waals surface area contributed by atoms with Gasteiger partial charge in [-0.1, -0.05) is 54.6 Å². The second-order valence-electron chi connectivity index (χ2n) is 6.50. The molecule has 1 heteroatoms. The highest BCUT2D eigenvalue weighted by atomic mass is 16.5. The van der Waals surface area contributed by atoms with Gasteiger partial charge in [0.2, 0.25) is 0 Å². The number of rotatable bonds is 4. The minimum Gasteiger partial charge on any atom is -0.488 e. The Balaban J connectivity index is 2.27. The molecule has 0 aromatic heterocycles. The van der Waals surface area contributed by atoms with Gasteiger partial charge in [-0.05, 0) is 62.6 Å². The summed E-state index contributed by atoms with van der Waals surface area (Å²) < 4.78 is 5.97. The predicted octanol–water partition coefficient (Wildman–Crippen LogP) is 5.99. The first-order chi connectivity index (χ1) is 10.4. The molecule has 114 valence electrons. The monoisotopic (exact) mass is 292 g/mol. The molecule has 0 unspecified atom stereocenters. The summed E-state index contributed by atoms with van der Waals surface area (Å²) in [4.78, 5) is 0. The first-order valence-corrected chi connectivity index (χ1v) is 7.57. The van der Waals surface area contributed by atoms with E-state index >= 15 is 0 Å². The van der Waals surface area contributed by atoms with Gasteiger partial charge in [-0.2, -0.15) is 0 Å². The fraction of sp³-hybridized carbons (Fsp3) is 0.238.